The van der Waals surface area contributed by atoms with Gasteiger partial charge in [-0.2, -0.15) is 0 Å². The number of carbonyl (C=O) groups is 1. The Hall–Kier alpha value is -0.870. The van der Waals surface area contributed by atoms with Gasteiger partial charge < -0.3 is 10.2 Å². The highest BCUT2D eigenvalue weighted by Crippen LogP contribution is 2.24. The van der Waals surface area contributed by atoms with Crippen LogP contribution in [0.15, 0.2) is 22.7 Å². The molecule has 1 aromatic rings. The third kappa shape index (κ3) is 3.61. The lowest BCUT2D eigenvalue weighted by atomic mass is 9.97. The van der Waals surface area contributed by atoms with E-state index in [1.165, 1.54) is 6.42 Å². The van der Waals surface area contributed by atoms with E-state index in [2.05, 4.69) is 26.1 Å². The van der Waals surface area contributed by atoms with E-state index in [1.54, 1.807) is 0 Å². The summed E-state index contributed by atoms with van der Waals surface area (Å²) in [4.78, 5) is 14.9. The van der Waals surface area contributed by atoms with Crippen molar-refractivity contribution in [3.05, 3.63) is 33.8 Å². The van der Waals surface area contributed by atoms with Crippen molar-refractivity contribution < 1.29 is 4.79 Å². The van der Waals surface area contributed by atoms with E-state index in [-0.39, 0.29) is 5.91 Å². The van der Waals surface area contributed by atoms with Gasteiger partial charge in [-0.1, -0.05) is 22.0 Å². The number of hydrogen-bond acceptors (Lipinski definition) is 2. The molecule has 1 unspecified atom stereocenters. The Kier molecular flexibility index (Phi) is 5.61. The van der Waals surface area contributed by atoms with E-state index in [0.717, 1.165) is 48.0 Å². The minimum absolute atomic E-state index is 0.185. The second kappa shape index (κ2) is 7.23. The molecular formula is C16H23BrN2O. The summed E-state index contributed by atoms with van der Waals surface area (Å²) in [6, 6.07) is 6.31. The molecule has 2 rings (SSSR count). The lowest BCUT2D eigenvalue weighted by Gasteiger charge is -2.36. The van der Waals surface area contributed by atoms with Crippen molar-refractivity contribution >= 4 is 21.8 Å². The first-order valence-corrected chi connectivity index (χ1v) is 8.14. The fourth-order valence-electron chi connectivity index (χ4n) is 2.86. The number of amides is 1. The molecule has 0 saturated carbocycles. The van der Waals surface area contributed by atoms with E-state index >= 15 is 0 Å². The van der Waals surface area contributed by atoms with Crippen LogP contribution in [0.1, 0.15) is 41.6 Å². The Labute approximate surface area is 129 Å². The highest BCUT2D eigenvalue weighted by atomic mass is 79.9. The zero-order valence-electron chi connectivity index (χ0n) is 12.3. The fourth-order valence-corrected chi connectivity index (χ4v) is 3.22. The van der Waals surface area contributed by atoms with Crippen molar-refractivity contribution in [1.82, 2.24) is 10.2 Å². The molecule has 1 fully saturated rings. The highest BCUT2D eigenvalue weighted by molar-refractivity contribution is 9.10. The van der Waals surface area contributed by atoms with Gasteiger partial charge in [-0.25, -0.2) is 0 Å². The second-order valence-electron chi connectivity index (χ2n) is 5.50. The van der Waals surface area contributed by atoms with Gasteiger partial charge in [-0.3, -0.25) is 4.79 Å². The van der Waals surface area contributed by atoms with Crippen LogP contribution in [0.5, 0.6) is 0 Å². The van der Waals surface area contributed by atoms with Crippen LogP contribution in [0.25, 0.3) is 0 Å². The van der Waals surface area contributed by atoms with Crippen LogP contribution in [-0.4, -0.2) is 37.0 Å². The summed E-state index contributed by atoms with van der Waals surface area (Å²) < 4.78 is 0.968. The molecular weight excluding hydrogens is 316 g/mol. The van der Waals surface area contributed by atoms with E-state index < -0.39 is 0 Å². The number of nitrogens with zero attached hydrogens (tertiary/aromatic N) is 1. The fraction of sp³-hybridized carbons (Fsp3) is 0.562. The van der Waals surface area contributed by atoms with Gasteiger partial charge in [0.2, 0.25) is 0 Å². The van der Waals surface area contributed by atoms with E-state index in [4.69, 9.17) is 0 Å². The molecule has 0 bridgehead atoms. The second-order valence-corrected chi connectivity index (χ2v) is 6.42. The molecule has 110 valence electrons. The quantitative estimate of drug-likeness (QED) is 0.912. The molecule has 1 aromatic carbocycles. The Morgan fingerprint density at radius 1 is 1.45 bits per heavy atom. The van der Waals surface area contributed by atoms with E-state index in [0.29, 0.717) is 6.04 Å². The van der Waals surface area contributed by atoms with E-state index in [1.807, 2.05) is 32.2 Å². The summed E-state index contributed by atoms with van der Waals surface area (Å²) in [5, 5.41) is 3.19. The summed E-state index contributed by atoms with van der Waals surface area (Å²) in [5.74, 6) is 0.185. The van der Waals surface area contributed by atoms with Crippen LogP contribution in [0.4, 0.5) is 0 Å². The first kappa shape index (κ1) is 15.5. The maximum atomic E-state index is 12.8. The molecule has 20 heavy (non-hydrogen) atoms. The number of aryl methyl sites for hydroxylation is 1. The number of benzene rings is 1. The standard InChI is InChI=1S/C16H23BrN2O/c1-12-6-7-13(17)11-15(12)16(20)19-10-4-3-5-14(19)8-9-18-2/h6-7,11,14,18H,3-5,8-10H2,1-2H3. The average molecular weight is 339 g/mol. The molecule has 3 nitrogen and oxygen atoms in total. The molecule has 4 heteroatoms. The van der Waals surface area contributed by atoms with Gasteiger partial charge in [0.1, 0.15) is 0 Å². The normalized spacial score (nSPS) is 19.1. The first-order chi connectivity index (χ1) is 9.63. The number of hydrogen-bond donors (Lipinski definition) is 1. The van der Waals surface area contributed by atoms with Gasteiger partial charge in [0, 0.05) is 22.6 Å². The van der Waals surface area contributed by atoms with E-state index in [9.17, 15) is 4.79 Å². The number of rotatable bonds is 4. The summed E-state index contributed by atoms with van der Waals surface area (Å²) in [5.41, 5.74) is 1.88. The van der Waals surface area contributed by atoms with Crippen molar-refractivity contribution in [3.8, 4) is 0 Å². The molecule has 0 spiro atoms. The Morgan fingerprint density at radius 3 is 3.00 bits per heavy atom. The minimum Gasteiger partial charge on any atom is -0.336 e. The lowest BCUT2D eigenvalue weighted by molar-refractivity contribution is 0.0601. The monoisotopic (exact) mass is 338 g/mol. The van der Waals surface area contributed by atoms with Gasteiger partial charge in [-0.05, 0) is 63.9 Å². The highest BCUT2D eigenvalue weighted by Gasteiger charge is 2.27. The van der Waals surface area contributed by atoms with Crippen molar-refractivity contribution in [1.29, 1.82) is 0 Å². The third-order valence-electron chi connectivity index (χ3n) is 4.05. The van der Waals surface area contributed by atoms with Gasteiger partial charge >= 0.3 is 0 Å². The predicted octanol–water partition coefficient (Wildman–Crippen LogP) is 3.36. The van der Waals surface area contributed by atoms with Gasteiger partial charge in [0.15, 0.2) is 0 Å². The predicted molar refractivity (Wildman–Crippen MR) is 86.1 cm³/mol. The number of carbonyl (C=O) groups excluding carboxylic acids is 1. The van der Waals surface area contributed by atoms with Crippen molar-refractivity contribution in [2.24, 2.45) is 0 Å². The topological polar surface area (TPSA) is 32.3 Å². The van der Waals surface area contributed by atoms with Crippen molar-refractivity contribution in [2.75, 3.05) is 20.1 Å². The zero-order chi connectivity index (χ0) is 14.5. The summed E-state index contributed by atoms with van der Waals surface area (Å²) in [6.07, 6.45) is 4.51. The van der Waals surface area contributed by atoms with Gasteiger partial charge in [-0.15, -0.1) is 0 Å². The maximum Gasteiger partial charge on any atom is 0.254 e. The van der Waals surface area contributed by atoms with Crippen LogP contribution in [-0.2, 0) is 0 Å². The molecule has 0 aromatic heterocycles. The zero-order valence-corrected chi connectivity index (χ0v) is 13.9. The molecule has 1 aliphatic rings. The molecule has 1 aliphatic heterocycles. The molecule has 1 saturated heterocycles. The first-order valence-electron chi connectivity index (χ1n) is 7.35. The van der Waals surface area contributed by atoms with Crippen LogP contribution in [0.3, 0.4) is 0 Å². The van der Waals surface area contributed by atoms with Crippen molar-refractivity contribution in [2.45, 2.75) is 38.6 Å². The lowest BCUT2D eigenvalue weighted by Crippen LogP contribution is -2.45. The molecule has 1 N–H and O–H groups in total. The molecule has 0 radical (unpaired) electrons. The Morgan fingerprint density at radius 2 is 2.25 bits per heavy atom. The average Bonchev–Trinajstić information content (AvgIpc) is 2.47. The molecule has 1 amide bonds. The Bertz CT molecular complexity index is 476. The van der Waals surface area contributed by atoms with Gasteiger partial charge in [0.05, 0.1) is 0 Å². The van der Waals surface area contributed by atoms with Crippen molar-refractivity contribution in [3.63, 3.8) is 0 Å². The Balaban J connectivity index is 2.18. The number of piperidine rings is 1. The number of likely N-dealkylation sites (tertiary alicyclic amines) is 1. The SMILES string of the molecule is CNCCC1CCCCN1C(=O)c1cc(Br)ccc1C. The van der Waals surface area contributed by atoms with Gasteiger partial charge in [0.25, 0.3) is 5.91 Å². The number of nitrogens with one attached hydrogen (secondary N) is 1. The summed E-state index contributed by atoms with van der Waals surface area (Å²) in [6.45, 7) is 3.86. The summed E-state index contributed by atoms with van der Waals surface area (Å²) >= 11 is 3.46. The molecule has 1 atom stereocenters. The summed E-state index contributed by atoms with van der Waals surface area (Å²) in [7, 11) is 1.97. The van der Waals surface area contributed by atoms with Crippen LogP contribution in [0, 0.1) is 6.92 Å². The number of halogens is 1. The smallest absolute Gasteiger partial charge is 0.254 e. The third-order valence-corrected chi connectivity index (χ3v) is 4.54. The van der Waals surface area contributed by atoms with Crippen LogP contribution in [0.2, 0.25) is 0 Å². The van der Waals surface area contributed by atoms with Crippen LogP contribution >= 0.6 is 15.9 Å². The van der Waals surface area contributed by atoms with Crippen LogP contribution < -0.4 is 5.32 Å². The largest absolute Gasteiger partial charge is 0.336 e. The minimum atomic E-state index is 0.185. The molecule has 1 heterocycles. The maximum absolute atomic E-state index is 12.8. The molecule has 0 aliphatic carbocycles.